The molecule has 0 saturated carbocycles. The normalized spacial score (nSPS) is 14.8. The number of hydrogen-bond donors (Lipinski definition) is 1. The van der Waals surface area contributed by atoms with E-state index < -0.39 is 11.7 Å². The molecule has 0 unspecified atom stereocenters. The van der Waals surface area contributed by atoms with Crippen molar-refractivity contribution >= 4 is 17.7 Å². The van der Waals surface area contributed by atoms with Gasteiger partial charge in [0, 0.05) is 44.0 Å². The highest BCUT2D eigenvalue weighted by atomic mass is 16.6. The lowest BCUT2D eigenvalue weighted by atomic mass is 10.0. The number of nitrogens with one attached hydrogen (secondary N) is 1. The fourth-order valence-electron chi connectivity index (χ4n) is 3.77. The number of piperidine rings is 1. The van der Waals surface area contributed by atoms with Crippen molar-refractivity contribution in [2.75, 3.05) is 25.0 Å². The fourth-order valence-corrected chi connectivity index (χ4v) is 3.77. The summed E-state index contributed by atoms with van der Waals surface area (Å²) < 4.78 is 5.24. The lowest BCUT2D eigenvalue weighted by molar-refractivity contribution is 0.0523. The second-order valence-corrected chi connectivity index (χ2v) is 9.02. The van der Waals surface area contributed by atoms with Gasteiger partial charge < -0.3 is 19.9 Å². The number of hydrogen-bond acceptors (Lipinski definition) is 4. The number of alkyl carbamates (subject to hydrolysis) is 1. The summed E-state index contributed by atoms with van der Waals surface area (Å²) in [5.41, 5.74) is 2.29. The zero-order valence-electron chi connectivity index (χ0n) is 18.9. The van der Waals surface area contributed by atoms with Gasteiger partial charge in [-0.2, -0.15) is 0 Å². The fraction of sp³-hybridized carbons (Fsp3) is 0.440. The van der Waals surface area contributed by atoms with Gasteiger partial charge in [0.1, 0.15) is 5.60 Å². The summed E-state index contributed by atoms with van der Waals surface area (Å²) in [6.45, 7) is 7.35. The number of likely N-dealkylation sites (tertiary alicyclic amines) is 1. The van der Waals surface area contributed by atoms with Crippen molar-refractivity contribution in [1.82, 2.24) is 10.2 Å². The van der Waals surface area contributed by atoms with Crippen LogP contribution in [0.25, 0.3) is 0 Å². The molecule has 0 spiro atoms. The van der Waals surface area contributed by atoms with Gasteiger partial charge in [0.2, 0.25) is 0 Å². The molecule has 0 aliphatic carbocycles. The molecule has 1 aliphatic rings. The quantitative estimate of drug-likeness (QED) is 0.772. The zero-order valence-corrected chi connectivity index (χ0v) is 18.9. The van der Waals surface area contributed by atoms with Crippen LogP contribution in [0, 0.1) is 0 Å². The Kier molecular flexibility index (Phi) is 7.21. The first-order chi connectivity index (χ1) is 14.7. The van der Waals surface area contributed by atoms with E-state index in [1.165, 1.54) is 5.69 Å². The first kappa shape index (κ1) is 22.7. The molecule has 0 atom stereocenters. The van der Waals surface area contributed by atoms with Crippen molar-refractivity contribution in [2.45, 2.75) is 51.8 Å². The van der Waals surface area contributed by atoms with E-state index in [2.05, 4.69) is 41.5 Å². The third-order valence-electron chi connectivity index (χ3n) is 5.50. The van der Waals surface area contributed by atoms with Gasteiger partial charge in [-0.3, -0.25) is 4.79 Å². The molecule has 1 aliphatic heterocycles. The van der Waals surface area contributed by atoms with Crippen molar-refractivity contribution < 1.29 is 14.3 Å². The molecule has 1 N–H and O–H groups in total. The second-order valence-electron chi connectivity index (χ2n) is 9.02. The van der Waals surface area contributed by atoms with E-state index in [4.69, 9.17) is 4.74 Å². The minimum atomic E-state index is -0.524. The van der Waals surface area contributed by atoms with Crippen LogP contribution in [0.2, 0.25) is 0 Å². The summed E-state index contributed by atoms with van der Waals surface area (Å²) in [6, 6.07) is 18.2. The number of para-hydroxylation sites is 1. The van der Waals surface area contributed by atoms with Crippen LogP contribution in [0.15, 0.2) is 54.6 Å². The molecule has 6 nitrogen and oxygen atoms in total. The molecule has 2 aromatic carbocycles. The maximum absolute atomic E-state index is 12.9. The van der Waals surface area contributed by atoms with E-state index in [0.29, 0.717) is 18.2 Å². The Morgan fingerprint density at radius 2 is 1.65 bits per heavy atom. The first-order valence-corrected chi connectivity index (χ1v) is 10.9. The molecule has 31 heavy (non-hydrogen) atoms. The molecule has 166 valence electrons. The van der Waals surface area contributed by atoms with Crippen molar-refractivity contribution in [3.05, 3.63) is 65.7 Å². The van der Waals surface area contributed by atoms with Crippen molar-refractivity contribution in [2.24, 2.45) is 0 Å². The van der Waals surface area contributed by atoms with Gasteiger partial charge in [0.15, 0.2) is 0 Å². The lowest BCUT2D eigenvalue weighted by Crippen LogP contribution is -2.45. The number of carbonyl (C=O) groups is 2. The zero-order chi connectivity index (χ0) is 22.4. The number of nitrogens with zero attached hydrogens (tertiary/aromatic N) is 2. The predicted molar refractivity (Wildman–Crippen MR) is 123 cm³/mol. The van der Waals surface area contributed by atoms with E-state index in [1.807, 2.05) is 56.0 Å². The summed E-state index contributed by atoms with van der Waals surface area (Å²) in [4.78, 5) is 28.9. The predicted octanol–water partition coefficient (Wildman–Crippen LogP) is 4.45. The van der Waals surface area contributed by atoms with Crippen LogP contribution in [0.3, 0.4) is 0 Å². The maximum Gasteiger partial charge on any atom is 0.407 e. The Hall–Kier alpha value is -3.02. The third kappa shape index (κ3) is 6.48. The van der Waals surface area contributed by atoms with Crippen molar-refractivity contribution in [1.29, 1.82) is 0 Å². The Bertz CT molecular complexity index is 867. The van der Waals surface area contributed by atoms with E-state index in [0.717, 1.165) is 31.5 Å². The monoisotopic (exact) mass is 423 g/mol. The number of ether oxygens (including phenoxy) is 1. The van der Waals surface area contributed by atoms with Crippen LogP contribution in [-0.4, -0.2) is 48.7 Å². The van der Waals surface area contributed by atoms with Crippen molar-refractivity contribution in [3.63, 3.8) is 0 Å². The van der Waals surface area contributed by atoms with E-state index in [1.54, 1.807) is 0 Å². The Balaban J connectivity index is 1.49. The second kappa shape index (κ2) is 9.86. The summed E-state index contributed by atoms with van der Waals surface area (Å²) in [7, 11) is 2.13. The first-order valence-electron chi connectivity index (χ1n) is 10.9. The number of amides is 2. The molecule has 1 heterocycles. The molecule has 0 bridgehead atoms. The minimum Gasteiger partial charge on any atom is -0.444 e. The molecule has 3 rings (SSSR count). The van der Waals surface area contributed by atoms with Crippen LogP contribution in [0.1, 0.15) is 49.5 Å². The van der Waals surface area contributed by atoms with Crippen LogP contribution in [0.5, 0.6) is 0 Å². The molecule has 0 aromatic heterocycles. The number of rotatable bonds is 5. The summed E-state index contributed by atoms with van der Waals surface area (Å²) >= 11 is 0. The molecule has 1 fully saturated rings. The minimum absolute atomic E-state index is 0.0625. The standard InChI is InChI=1S/C25H33N3O3/c1-25(2,3)31-24(30)26-18-19-10-12-20(13-11-19)23(29)28-16-14-22(15-17-28)27(4)21-8-6-5-7-9-21/h5-13,22H,14-18H2,1-4H3,(H,26,30). The van der Waals surface area contributed by atoms with Crippen LogP contribution < -0.4 is 10.2 Å². The van der Waals surface area contributed by atoms with Crippen LogP contribution in [-0.2, 0) is 11.3 Å². The molecule has 6 heteroatoms. The van der Waals surface area contributed by atoms with Gasteiger partial charge >= 0.3 is 6.09 Å². The Morgan fingerprint density at radius 3 is 2.23 bits per heavy atom. The van der Waals surface area contributed by atoms with Gasteiger partial charge in [0.25, 0.3) is 5.91 Å². The number of anilines is 1. The maximum atomic E-state index is 12.9. The average molecular weight is 424 g/mol. The number of benzene rings is 2. The molecular weight excluding hydrogens is 390 g/mol. The summed E-state index contributed by atoms with van der Waals surface area (Å²) in [5, 5.41) is 2.74. The molecule has 2 amide bonds. The molecular formula is C25H33N3O3. The molecule has 0 radical (unpaired) electrons. The van der Waals surface area contributed by atoms with Gasteiger partial charge in [-0.25, -0.2) is 4.79 Å². The Labute approximate surface area is 185 Å². The largest absolute Gasteiger partial charge is 0.444 e. The summed E-state index contributed by atoms with van der Waals surface area (Å²) in [6.07, 6.45) is 1.46. The lowest BCUT2D eigenvalue weighted by Gasteiger charge is -2.38. The summed E-state index contributed by atoms with van der Waals surface area (Å²) in [5.74, 6) is 0.0625. The molecule has 2 aromatic rings. The van der Waals surface area contributed by atoms with Gasteiger partial charge in [-0.1, -0.05) is 30.3 Å². The van der Waals surface area contributed by atoms with Crippen LogP contribution in [0.4, 0.5) is 10.5 Å². The van der Waals surface area contributed by atoms with Gasteiger partial charge in [0.05, 0.1) is 0 Å². The van der Waals surface area contributed by atoms with Crippen molar-refractivity contribution in [3.8, 4) is 0 Å². The third-order valence-corrected chi connectivity index (χ3v) is 5.50. The van der Waals surface area contributed by atoms with Crippen LogP contribution >= 0.6 is 0 Å². The van der Waals surface area contributed by atoms with Gasteiger partial charge in [-0.15, -0.1) is 0 Å². The topological polar surface area (TPSA) is 61.9 Å². The Morgan fingerprint density at radius 1 is 1.03 bits per heavy atom. The van der Waals surface area contributed by atoms with E-state index >= 15 is 0 Å². The highest BCUT2D eigenvalue weighted by Crippen LogP contribution is 2.23. The highest BCUT2D eigenvalue weighted by molar-refractivity contribution is 5.94. The average Bonchev–Trinajstić information content (AvgIpc) is 2.76. The molecule has 1 saturated heterocycles. The van der Waals surface area contributed by atoms with Gasteiger partial charge in [-0.05, 0) is 63.4 Å². The van der Waals surface area contributed by atoms with E-state index in [-0.39, 0.29) is 5.91 Å². The highest BCUT2D eigenvalue weighted by Gasteiger charge is 2.26. The SMILES string of the molecule is CN(c1ccccc1)C1CCN(C(=O)c2ccc(CNC(=O)OC(C)(C)C)cc2)CC1. The number of carbonyl (C=O) groups excluding carboxylic acids is 2. The van der Waals surface area contributed by atoms with E-state index in [9.17, 15) is 9.59 Å². The smallest absolute Gasteiger partial charge is 0.407 e.